The second kappa shape index (κ2) is 8.15. The minimum Gasteiger partial charge on any atom is -0.438 e. The number of fused-ring (bicyclic) bond motifs is 1. The van der Waals surface area contributed by atoms with E-state index in [1.165, 1.54) is 5.56 Å². The van der Waals surface area contributed by atoms with Crippen LogP contribution in [0.2, 0.25) is 0 Å². The lowest BCUT2D eigenvalue weighted by atomic mass is 10.0. The summed E-state index contributed by atoms with van der Waals surface area (Å²) in [4.78, 5) is 16.5. The van der Waals surface area contributed by atoms with E-state index < -0.39 is 0 Å². The van der Waals surface area contributed by atoms with E-state index in [0.29, 0.717) is 17.5 Å². The first-order valence-corrected chi connectivity index (χ1v) is 10.4. The second-order valence-corrected chi connectivity index (χ2v) is 7.86. The zero-order valence-corrected chi connectivity index (χ0v) is 18.2. The van der Waals surface area contributed by atoms with Crippen LogP contribution in [0, 0.1) is 20.8 Å². The largest absolute Gasteiger partial charge is 0.438 e. The zero-order valence-electron chi connectivity index (χ0n) is 18.2. The van der Waals surface area contributed by atoms with E-state index in [2.05, 4.69) is 44.3 Å². The number of nitrogens with one attached hydrogen (secondary N) is 2. The first kappa shape index (κ1) is 19.8. The topological polar surface area (TPSA) is 75.7 Å². The minimum absolute atomic E-state index is 0.475. The minimum atomic E-state index is 0.475. The summed E-state index contributed by atoms with van der Waals surface area (Å²) in [5.74, 6) is 1.78. The molecule has 6 heteroatoms. The zero-order chi connectivity index (χ0) is 22.1. The fraction of sp³-hybridized carbons (Fsp3) is 0.115. The van der Waals surface area contributed by atoms with E-state index in [0.717, 1.165) is 39.1 Å². The van der Waals surface area contributed by atoms with Gasteiger partial charge in [0.25, 0.3) is 0 Å². The molecule has 6 nitrogen and oxygen atoms in total. The number of ether oxygens (including phenoxy) is 1. The van der Waals surface area contributed by atoms with Crippen molar-refractivity contribution in [1.29, 1.82) is 0 Å². The number of nitrogens with zero attached hydrogens (tertiary/aromatic N) is 3. The van der Waals surface area contributed by atoms with Crippen LogP contribution in [0.25, 0.3) is 22.2 Å². The summed E-state index contributed by atoms with van der Waals surface area (Å²) >= 11 is 0. The number of hydrogen-bond donors (Lipinski definition) is 2. The summed E-state index contributed by atoms with van der Waals surface area (Å²) in [6, 6.07) is 18.3. The van der Waals surface area contributed by atoms with Gasteiger partial charge in [0.15, 0.2) is 0 Å². The molecule has 0 atom stereocenters. The first-order chi connectivity index (χ1) is 15.6. The van der Waals surface area contributed by atoms with Crippen molar-refractivity contribution in [2.24, 2.45) is 0 Å². The molecule has 0 saturated carbocycles. The summed E-state index contributed by atoms with van der Waals surface area (Å²) in [7, 11) is 0. The predicted molar refractivity (Wildman–Crippen MR) is 128 cm³/mol. The van der Waals surface area contributed by atoms with Gasteiger partial charge in [0.1, 0.15) is 11.4 Å². The third-order valence-electron chi connectivity index (χ3n) is 5.36. The number of aryl methyl sites for hydroxylation is 3. The third kappa shape index (κ3) is 3.90. The Morgan fingerprint density at radius 2 is 1.53 bits per heavy atom. The smallest absolute Gasteiger partial charge is 0.233 e. The number of benzene rings is 2. The van der Waals surface area contributed by atoms with Crippen LogP contribution in [-0.4, -0.2) is 19.9 Å². The Balaban J connectivity index is 1.51. The highest BCUT2D eigenvalue weighted by atomic mass is 16.5. The Hall–Kier alpha value is -4.19. The number of aromatic amines is 1. The molecule has 0 fully saturated rings. The molecule has 32 heavy (non-hydrogen) atoms. The van der Waals surface area contributed by atoms with Crippen LogP contribution in [0.1, 0.15) is 16.7 Å². The van der Waals surface area contributed by atoms with Crippen LogP contribution in [0.4, 0.5) is 11.6 Å². The Kier molecular flexibility index (Phi) is 5.03. The molecule has 5 rings (SSSR count). The van der Waals surface area contributed by atoms with Crippen molar-refractivity contribution in [2.45, 2.75) is 20.8 Å². The molecule has 0 aliphatic rings. The van der Waals surface area contributed by atoms with E-state index in [-0.39, 0.29) is 0 Å². The highest BCUT2D eigenvalue weighted by Gasteiger charge is 2.15. The SMILES string of the molecule is Cc1ccc(Nc2nc(Oc3c(C)cc(-c4ccncc4)cc3C)c3cc[nH]c3n2)cc1. The molecule has 0 saturated heterocycles. The number of H-pyrrole nitrogens is 1. The molecule has 0 spiro atoms. The maximum atomic E-state index is 6.38. The van der Waals surface area contributed by atoms with Crippen LogP contribution in [-0.2, 0) is 0 Å². The molecule has 0 unspecified atom stereocenters. The Bertz CT molecular complexity index is 1370. The molecule has 2 aromatic carbocycles. The third-order valence-corrected chi connectivity index (χ3v) is 5.36. The van der Waals surface area contributed by atoms with Crippen LogP contribution in [0.3, 0.4) is 0 Å². The van der Waals surface area contributed by atoms with Gasteiger partial charge in [-0.15, -0.1) is 0 Å². The van der Waals surface area contributed by atoms with Crippen molar-refractivity contribution in [1.82, 2.24) is 19.9 Å². The molecule has 158 valence electrons. The number of hydrogen-bond acceptors (Lipinski definition) is 5. The predicted octanol–water partition coefficient (Wildman–Crippen LogP) is 6.48. The van der Waals surface area contributed by atoms with E-state index in [4.69, 9.17) is 4.74 Å². The van der Waals surface area contributed by atoms with E-state index in [1.54, 1.807) is 12.4 Å². The number of anilines is 2. The summed E-state index contributed by atoms with van der Waals surface area (Å²) < 4.78 is 6.38. The van der Waals surface area contributed by atoms with Crippen molar-refractivity contribution in [3.63, 3.8) is 0 Å². The first-order valence-electron chi connectivity index (χ1n) is 10.4. The fourth-order valence-corrected chi connectivity index (χ4v) is 3.73. The molecule has 0 aliphatic carbocycles. The van der Waals surface area contributed by atoms with Crippen LogP contribution in [0.5, 0.6) is 11.6 Å². The van der Waals surface area contributed by atoms with Crippen LogP contribution in [0.15, 0.2) is 73.2 Å². The van der Waals surface area contributed by atoms with Gasteiger partial charge in [0.2, 0.25) is 11.8 Å². The van der Waals surface area contributed by atoms with Gasteiger partial charge in [-0.05, 0) is 85.5 Å². The number of aromatic nitrogens is 4. The fourth-order valence-electron chi connectivity index (χ4n) is 3.73. The summed E-state index contributed by atoms with van der Waals surface area (Å²) in [6.45, 7) is 6.16. The number of rotatable bonds is 5. The maximum Gasteiger partial charge on any atom is 0.233 e. The Morgan fingerprint density at radius 3 is 2.25 bits per heavy atom. The molecule has 3 aromatic heterocycles. The van der Waals surface area contributed by atoms with Gasteiger partial charge >= 0.3 is 0 Å². The molecule has 0 radical (unpaired) electrons. The van der Waals surface area contributed by atoms with E-state index >= 15 is 0 Å². The summed E-state index contributed by atoms with van der Waals surface area (Å²) in [5.41, 5.74) is 7.15. The van der Waals surface area contributed by atoms with Gasteiger partial charge in [-0.1, -0.05) is 17.7 Å². The molecular formula is C26H23N5O. The highest BCUT2D eigenvalue weighted by molar-refractivity contribution is 5.83. The van der Waals surface area contributed by atoms with Crippen molar-refractivity contribution < 1.29 is 4.74 Å². The van der Waals surface area contributed by atoms with Gasteiger partial charge < -0.3 is 15.0 Å². The lowest BCUT2D eigenvalue weighted by Gasteiger charge is -2.15. The number of pyridine rings is 1. The standard InChI is InChI=1S/C26H23N5O/c1-16-4-6-21(7-5-16)29-26-30-24-22(10-13-28-24)25(31-26)32-23-17(2)14-20(15-18(23)3)19-8-11-27-12-9-19/h4-15H,1-3H3,(H2,28,29,30,31). The van der Waals surface area contributed by atoms with Crippen molar-refractivity contribution >= 4 is 22.7 Å². The molecule has 0 bridgehead atoms. The summed E-state index contributed by atoms with van der Waals surface area (Å²) in [5, 5.41) is 4.10. The van der Waals surface area contributed by atoms with Gasteiger partial charge in [0, 0.05) is 24.3 Å². The van der Waals surface area contributed by atoms with Gasteiger partial charge in [-0.2, -0.15) is 9.97 Å². The molecule has 0 amide bonds. The highest BCUT2D eigenvalue weighted by Crippen LogP contribution is 2.35. The molecular weight excluding hydrogens is 398 g/mol. The lowest BCUT2D eigenvalue weighted by molar-refractivity contribution is 0.462. The van der Waals surface area contributed by atoms with Crippen LogP contribution >= 0.6 is 0 Å². The quantitative estimate of drug-likeness (QED) is 0.340. The Labute approximate surface area is 186 Å². The lowest BCUT2D eigenvalue weighted by Crippen LogP contribution is -2.01. The monoisotopic (exact) mass is 421 g/mol. The average molecular weight is 422 g/mol. The van der Waals surface area contributed by atoms with Gasteiger partial charge in [0.05, 0.1) is 5.39 Å². The normalized spacial score (nSPS) is 11.0. The van der Waals surface area contributed by atoms with E-state index in [9.17, 15) is 0 Å². The summed E-state index contributed by atoms with van der Waals surface area (Å²) in [6.07, 6.45) is 5.45. The molecule has 3 heterocycles. The molecule has 2 N–H and O–H groups in total. The second-order valence-electron chi connectivity index (χ2n) is 7.86. The van der Waals surface area contributed by atoms with Gasteiger partial charge in [-0.25, -0.2) is 0 Å². The van der Waals surface area contributed by atoms with Crippen LogP contribution < -0.4 is 10.1 Å². The van der Waals surface area contributed by atoms with Gasteiger partial charge in [-0.3, -0.25) is 4.98 Å². The maximum absolute atomic E-state index is 6.38. The molecule has 0 aliphatic heterocycles. The van der Waals surface area contributed by atoms with Crippen molar-refractivity contribution in [2.75, 3.05) is 5.32 Å². The average Bonchev–Trinajstić information content (AvgIpc) is 3.27. The van der Waals surface area contributed by atoms with Crippen molar-refractivity contribution in [3.8, 4) is 22.8 Å². The molecule has 5 aromatic rings. The van der Waals surface area contributed by atoms with Crippen molar-refractivity contribution in [3.05, 3.63) is 89.9 Å². The van der Waals surface area contributed by atoms with E-state index in [1.807, 2.05) is 62.5 Å². The Morgan fingerprint density at radius 1 is 0.812 bits per heavy atom.